The Hall–Kier alpha value is -6.11. The summed E-state index contributed by atoms with van der Waals surface area (Å²) in [6.45, 7) is 7.74. The summed E-state index contributed by atoms with van der Waals surface area (Å²) in [7, 11) is -5.14. The van der Waals surface area contributed by atoms with Crippen molar-refractivity contribution >= 4 is 77.5 Å². The maximum atomic E-state index is 14.1. The zero-order valence-corrected chi connectivity index (χ0v) is 41.5. The number of nitrogens with two attached hydrogens (primary N) is 1. The number of oxime groups is 1. The van der Waals surface area contributed by atoms with E-state index in [1.165, 1.54) is 47.4 Å². The maximum Gasteiger partial charge on any atom is 0.469 e. The quantitative estimate of drug-likeness (QED) is 0.0219. The van der Waals surface area contributed by atoms with Gasteiger partial charge >= 0.3 is 7.82 Å². The second-order valence-corrected chi connectivity index (χ2v) is 19.1. The number of carbonyl (C=O) groups is 7. The van der Waals surface area contributed by atoms with Gasteiger partial charge in [0, 0.05) is 50.6 Å². The Bertz CT molecular complexity index is 2330. The average Bonchev–Trinajstić information content (AvgIpc) is 4.08. The number of imidazole rings is 1. The Balaban J connectivity index is 1.40. The van der Waals surface area contributed by atoms with Gasteiger partial charge in [0.2, 0.25) is 41.4 Å². The topological polar surface area (TPSA) is 339 Å². The van der Waals surface area contributed by atoms with Crippen LogP contribution in [0.5, 0.6) is 0 Å². The normalized spacial score (nSPS) is 16.0. The highest BCUT2D eigenvalue weighted by atomic mass is 32.1. The van der Waals surface area contributed by atoms with Gasteiger partial charge in [-0.3, -0.25) is 43.0 Å². The molecule has 1 saturated heterocycles. The summed E-state index contributed by atoms with van der Waals surface area (Å²) >= 11 is 1.30. The number of anilines is 2. The number of unbranched alkanes of at least 4 members (excludes halogenated alkanes) is 3. The van der Waals surface area contributed by atoms with Gasteiger partial charge < -0.3 is 56.2 Å². The van der Waals surface area contributed by atoms with Crippen molar-refractivity contribution in [3.05, 3.63) is 59.6 Å². The van der Waals surface area contributed by atoms with E-state index in [1.54, 1.807) is 16.3 Å². The highest BCUT2D eigenvalue weighted by molar-refractivity contribution is 7.46. The number of hydrogen-bond acceptors (Lipinski definition) is 15. The third kappa shape index (κ3) is 17.7. The summed E-state index contributed by atoms with van der Waals surface area (Å²) in [6, 6.07) is 2.25. The fraction of sp³-hybridized carbons (Fsp3) is 0.545. The van der Waals surface area contributed by atoms with Crippen LogP contribution >= 0.6 is 19.2 Å². The average molecular weight is 1020 g/mol. The van der Waals surface area contributed by atoms with Crippen LogP contribution in [0.2, 0.25) is 0 Å². The van der Waals surface area contributed by atoms with Crippen molar-refractivity contribution in [1.29, 1.82) is 0 Å². The maximum absolute atomic E-state index is 14.1. The molecule has 1 aliphatic rings. The lowest BCUT2D eigenvalue weighted by molar-refractivity contribution is -0.139. The van der Waals surface area contributed by atoms with Crippen LogP contribution in [0.15, 0.2) is 53.4 Å². The van der Waals surface area contributed by atoms with Gasteiger partial charge in [-0.05, 0) is 63.5 Å². The number of nitrogens with one attached hydrogen (secondary N) is 4. The van der Waals surface area contributed by atoms with Gasteiger partial charge in [0.1, 0.15) is 36.8 Å². The number of aliphatic hydroxyl groups excluding tert-OH is 1. The fourth-order valence-corrected chi connectivity index (χ4v) is 9.00. The van der Waals surface area contributed by atoms with Crippen molar-refractivity contribution in [2.75, 3.05) is 24.7 Å². The summed E-state index contributed by atoms with van der Waals surface area (Å²) in [4.78, 5) is 127. The molecule has 0 spiro atoms. The number of thiazole rings is 1. The number of para-hydroxylation sites is 1. The standard InChI is InChI=1S/C44H64N11O13PS/c1-27(2)20-34(50-43(63)37-16-13-18-54(37)29(4)57)40(60)49-35(41(61)51-36(24-56)42(62)52-38(39(45)59)28(3)68-69(64,65)66)21-33-23-46-26-53(33)17-11-6-7-12-19-67-47-22-31-25-70-44(48-31)55(30(5)58)32-14-9-8-10-15-32/h8-10,14-15,22-23,25-28,34-38,56H,6-7,11-13,16-21,24H2,1-5H3,(H2,45,59)(H,49,60)(H,50,63)(H,51,61)(H,52,62)(H2,64,65,66)/b47-22-/t28-,34+,35+,36+,37+,38+/m1/s1. The Morgan fingerprint density at radius 1 is 0.957 bits per heavy atom. The van der Waals surface area contributed by atoms with E-state index < -0.39 is 80.3 Å². The van der Waals surface area contributed by atoms with Gasteiger partial charge in [0.25, 0.3) is 0 Å². The number of primary amides is 1. The van der Waals surface area contributed by atoms with Crippen molar-refractivity contribution in [3.8, 4) is 0 Å². The van der Waals surface area contributed by atoms with Gasteiger partial charge in [-0.15, -0.1) is 11.3 Å². The molecule has 3 aromatic rings. The zero-order chi connectivity index (χ0) is 51.5. The summed E-state index contributed by atoms with van der Waals surface area (Å²) < 4.78 is 17.7. The van der Waals surface area contributed by atoms with E-state index in [0.717, 1.165) is 19.8 Å². The summed E-state index contributed by atoms with van der Waals surface area (Å²) in [5.74, 6) is -5.21. The van der Waals surface area contributed by atoms with Crippen LogP contribution in [0, 0.1) is 5.92 Å². The molecule has 6 atom stereocenters. The van der Waals surface area contributed by atoms with Gasteiger partial charge in [0.05, 0.1) is 36.6 Å². The van der Waals surface area contributed by atoms with Crippen LogP contribution in [0.4, 0.5) is 10.8 Å². The Morgan fingerprint density at radius 2 is 1.63 bits per heavy atom. The minimum atomic E-state index is -5.14. The molecule has 26 heteroatoms. The number of hydrogen-bond donors (Lipinski definition) is 8. The number of aryl methyl sites for hydroxylation is 1. The summed E-state index contributed by atoms with van der Waals surface area (Å²) in [5, 5.41) is 26.4. The number of amides is 7. The van der Waals surface area contributed by atoms with E-state index in [1.807, 2.05) is 44.2 Å². The van der Waals surface area contributed by atoms with E-state index in [9.17, 15) is 53.0 Å². The molecule has 70 heavy (non-hydrogen) atoms. The number of aromatic nitrogens is 3. The van der Waals surface area contributed by atoms with Crippen LogP contribution in [-0.4, -0.2) is 138 Å². The first kappa shape index (κ1) is 56.5. The minimum Gasteiger partial charge on any atom is -0.396 e. The van der Waals surface area contributed by atoms with Crippen LogP contribution in [-0.2, 0) is 60.5 Å². The van der Waals surface area contributed by atoms with Crippen molar-refractivity contribution in [2.24, 2.45) is 16.8 Å². The number of phosphoric ester groups is 1. The number of aliphatic hydroxyl groups is 1. The molecule has 4 rings (SSSR count). The molecule has 1 aliphatic heterocycles. The highest BCUT2D eigenvalue weighted by Crippen LogP contribution is 2.38. The molecule has 2 aromatic heterocycles. The summed E-state index contributed by atoms with van der Waals surface area (Å²) in [6.07, 6.45) is 6.82. The van der Waals surface area contributed by atoms with E-state index in [4.69, 9.17) is 10.6 Å². The SMILES string of the molecule is CC(=O)N(c1ccccc1)c1nc(/C=N\OCCCCCCn2cncc2C[C@H](NC(=O)[C@H](CC(C)C)NC(=O)[C@@H]2CCCN2C(C)=O)C(=O)N[C@@H](CO)C(=O)N[C@H](C(N)=O)[C@@H](C)OP(=O)(O)O)cs1. The van der Waals surface area contributed by atoms with E-state index >= 15 is 0 Å². The smallest absolute Gasteiger partial charge is 0.396 e. The number of rotatable bonds is 28. The first-order valence-corrected chi connectivity index (χ1v) is 25.2. The lowest BCUT2D eigenvalue weighted by Crippen LogP contribution is -2.61. The van der Waals surface area contributed by atoms with Gasteiger partial charge in [-0.1, -0.05) is 43.6 Å². The van der Waals surface area contributed by atoms with Crippen molar-refractivity contribution in [3.63, 3.8) is 0 Å². The van der Waals surface area contributed by atoms with Crippen LogP contribution in [0.25, 0.3) is 0 Å². The van der Waals surface area contributed by atoms with Crippen LogP contribution in [0.3, 0.4) is 0 Å². The molecule has 384 valence electrons. The Morgan fingerprint density at radius 3 is 2.27 bits per heavy atom. The Kier molecular flexibility index (Phi) is 22.0. The van der Waals surface area contributed by atoms with Crippen LogP contribution < -0.4 is 31.9 Å². The molecular formula is C44H64N11O13PS. The van der Waals surface area contributed by atoms with E-state index in [0.29, 0.717) is 67.6 Å². The molecular weight excluding hydrogens is 954 g/mol. The summed E-state index contributed by atoms with van der Waals surface area (Å²) in [5.41, 5.74) is 7.11. The predicted molar refractivity (Wildman–Crippen MR) is 256 cm³/mol. The van der Waals surface area contributed by atoms with E-state index in [-0.39, 0.29) is 30.6 Å². The third-order valence-corrected chi connectivity index (χ3v) is 12.5. The largest absolute Gasteiger partial charge is 0.469 e. The van der Waals surface area contributed by atoms with Gasteiger partial charge in [0.15, 0.2) is 5.13 Å². The minimum absolute atomic E-state index is 0.113. The van der Waals surface area contributed by atoms with Gasteiger partial charge in [-0.25, -0.2) is 14.5 Å². The second-order valence-electron chi connectivity index (χ2n) is 17.1. The predicted octanol–water partition coefficient (Wildman–Crippen LogP) is 1.15. The number of likely N-dealkylation sites (tertiary alicyclic amines) is 1. The number of nitrogens with zero attached hydrogens (tertiary/aromatic N) is 6. The Labute approximate surface area is 409 Å². The van der Waals surface area contributed by atoms with Crippen LogP contribution in [0.1, 0.15) is 91.0 Å². The molecule has 0 radical (unpaired) electrons. The third-order valence-electron chi connectivity index (χ3n) is 11.0. The molecule has 0 saturated carbocycles. The second kappa shape index (κ2) is 27.3. The van der Waals surface area contributed by atoms with Crippen molar-refractivity contribution in [2.45, 2.75) is 129 Å². The fourth-order valence-electron chi connectivity index (χ4n) is 7.60. The lowest BCUT2D eigenvalue weighted by atomic mass is 10.0. The molecule has 3 heterocycles. The molecule has 1 fully saturated rings. The molecule has 9 N–H and O–H groups in total. The lowest BCUT2D eigenvalue weighted by Gasteiger charge is -2.28. The molecule has 0 bridgehead atoms. The van der Waals surface area contributed by atoms with Crippen molar-refractivity contribution < 1.29 is 62.4 Å². The number of phosphoric acid groups is 1. The van der Waals surface area contributed by atoms with Crippen molar-refractivity contribution in [1.82, 2.24) is 40.7 Å². The molecule has 7 amide bonds. The molecule has 1 aromatic carbocycles. The molecule has 24 nitrogen and oxygen atoms in total. The number of carbonyl (C=O) groups excluding carboxylic acids is 7. The molecule has 0 aliphatic carbocycles. The van der Waals surface area contributed by atoms with Gasteiger partial charge in [-0.2, -0.15) is 0 Å². The zero-order valence-electron chi connectivity index (χ0n) is 39.8. The highest BCUT2D eigenvalue weighted by Gasteiger charge is 2.37. The number of benzene rings is 1. The molecule has 0 unspecified atom stereocenters. The van der Waals surface area contributed by atoms with E-state index in [2.05, 4.69) is 40.9 Å². The first-order valence-electron chi connectivity index (χ1n) is 22.8. The monoisotopic (exact) mass is 1020 g/mol. The first-order chi connectivity index (χ1) is 33.2.